The second kappa shape index (κ2) is 5.76. The van der Waals surface area contributed by atoms with Crippen LogP contribution in [-0.2, 0) is 16.0 Å². The van der Waals surface area contributed by atoms with Gasteiger partial charge in [0, 0.05) is 6.42 Å². The van der Waals surface area contributed by atoms with E-state index in [9.17, 15) is 9.18 Å². The van der Waals surface area contributed by atoms with Gasteiger partial charge in [0.1, 0.15) is 17.0 Å². The molecule has 3 nitrogen and oxygen atoms in total. The Morgan fingerprint density at radius 3 is 2.43 bits per heavy atom. The fourth-order valence-electron chi connectivity index (χ4n) is 2.88. The van der Waals surface area contributed by atoms with Crippen LogP contribution in [0.5, 0.6) is 0 Å². The Kier molecular flexibility index (Phi) is 4.38. The van der Waals surface area contributed by atoms with E-state index in [1.807, 2.05) is 27.8 Å². The van der Waals surface area contributed by atoms with Crippen LogP contribution >= 0.6 is 0 Å². The summed E-state index contributed by atoms with van der Waals surface area (Å²) in [4.78, 5) is 14.8. The zero-order valence-electron chi connectivity index (χ0n) is 13.3. The van der Waals surface area contributed by atoms with Crippen LogP contribution in [0, 0.1) is 5.82 Å². The summed E-state index contributed by atoms with van der Waals surface area (Å²) in [6.45, 7) is 6.52. The van der Waals surface area contributed by atoms with Gasteiger partial charge >= 0.3 is 5.97 Å². The molecule has 0 N–H and O–H groups in total. The summed E-state index contributed by atoms with van der Waals surface area (Å²) < 4.78 is 18.7. The van der Waals surface area contributed by atoms with E-state index in [1.54, 1.807) is 12.1 Å². The Bertz CT molecular complexity index is 507. The van der Waals surface area contributed by atoms with E-state index in [0.29, 0.717) is 6.42 Å². The number of carbonyl (C=O) groups excluding carboxylic acids is 1. The topological polar surface area (TPSA) is 29.5 Å². The van der Waals surface area contributed by atoms with Crippen molar-refractivity contribution < 1.29 is 13.9 Å². The molecule has 4 heteroatoms. The van der Waals surface area contributed by atoms with E-state index in [2.05, 4.69) is 4.90 Å². The van der Waals surface area contributed by atoms with Crippen molar-refractivity contribution in [2.45, 2.75) is 51.2 Å². The van der Waals surface area contributed by atoms with E-state index in [0.717, 1.165) is 24.9 Å². The van der Waals surface area contributed by atoms with Crippen molar-refractivity contribution in [2.24, 2.45) is 0 Å². The highest BCUT2D eigenvalue weighted by molar-refractivity contribution is 5.82. The third-order valence-corrected chi connectivity index (χ3v) is 4.00. The molecule has 0 aliphatic carbocycles. The maximum Gasteiger partial charge on any atom is 0.327 e. The van der Waals surface area contributed by atoms with Crippen LogP contribution in [0.1, 0.15) is 39.2 Å². The summed E-state index contributed by atoms with van der Waals surface area (Å²) in [6.07, 6.45) is 2.30. The molecule has 1 aliphatic heterocycles. The van der Waals surface area contributed by atoms with Crippen LogP contribution in [0.4, 0.5) is 4.39 Å². The molecule has 1 aromatic rings. The van der Waals surface area contributed by atoms with Crippen molar-refractivity contribution >= 4 is 5.97 Å². The molecule has 0 saturated carbocycles. The number of esters is 1. The Hall–Kier alpha value is -1.42. The smallest absolute Gasteiger partial charge is 0.327 e. The van der Waals surface area contributed by atoms with Crippen molar-refractivity contribution in [3.05, 3.63) is 35.6 Å². The maximum absolute atomic E-state index is 13.1. The van der Waals surface area contributed by atoms with Crippen molar-refractivity contribution in [2.75, 3.05) is 13.6 Å². The first-order chi connectivity index (χ1) is 9.73. The molecule has 1 saturated heterocycles. The Morgan fingerprint density at radius 1 is 1.33 bits per heavy atom. The Balaban J connectivity index is 2.25. The number of rotatable bonds is 3. The first-order valence-electron chi connectivity index (χ1n) is 7.42. The van der Waals surface area contributed by atoms with Gasteiger partial charge in [-0.1, -0.05) is 12.1 Å². The van der Waals surface area contributed by atoms with E-state index < -0.39 is 11.1 Å². The molecule has 1 atom stereocenters. The molecule has 0 amide bonds. The third-order valence-electron chi connectivity index (χ3n) is 4.00. The van der Waals surface area contributed by atoms with E-state index in [-0.39, 0.29) is 11.8 Å². The van der Waals surface area contributed by atoms with Gasteiger partial charge in [-0.2, -0.15) is 0 Å². The number of nitrogens with zero attached hydrogens (tertiary/aromatic N) is 1. The highest BCUT2D eigenvalue weighted by atomic mass is 19.1. The van der Waals surface area contributed by atoms with Gasteiger partial charge in [0.05, 0.1) is 0 Å². The fourth-order valence-corrected chi connectivity index (χ4v) is 2.88. The van der Waals surface area contributed by atoms with Gasteiger partial charge < -0.3 is 4.74 Å². The third kappa shape index (κ3) is 3.62. The monoisotopic (exact) mass is 293 g/mol. The molecule has 1 aromatic carbocycles. The predicted octanol–water partition coefficient (Wildman–Crippen LogP) is 3.17. The molecule has 1 heterocycles. The van der Waals surface area contributed by atoms with Gasteiger partial charge in [0.15, 0.2) is 0 Å². The second-order valence-electron chi connectivity index (χ2n) is 6.86. The summed E-state index contributed by atoms with van der Waals surface area (Å²) in [5.74, 6) is -0.441. The Morgan fingerprint density at radius 2 is 1.95 bits per heavy atom. The van der Waals surface area contributed by atoms with E-state index >= 15 is 0 Å². The van der Waals surface area contributed by atoms with Gasteiger partial charge in [0.2, 0.25) is 0 Å². The van der Waals surface area contributed by atoms with E-state index in [4.69, 9.17) is 4.74 Å². The first-order valence-corrected chi connectivity index (χ1v) is 7.42. The minimum Gasteiger partial charge on any atom is -0.459 e. The molecule has 0 unspecified atom stereocenters. The van der Waals surface area contributed by atoms with Crippen LogP contribution in [-0.4, -0.2) is 35.6 Å². The zero-order chi connectivity index (χ0) is 15.7. The predicted molar refractivity (Wildman–Crippen MR) is 80.5 cm³/mol. The summed E-state index contributed by atoms with van der Waals surface area (Å²) in [6, 6.07) is 6.36. The zero-order valence-corrected chi connectivity index (χ0v) is 13.3. The number of likely N-dealkylation sites (N-methyl/N-ethyl adjacent to an activating group) is 1. The minimum atomic E-state index is -0.634. The van der Waals surface area contributed by atoms with Crippen LogP contribution in [0.25, 0.3) is 0 Å². The number of ether oxygens (including phenoxy) is 1. The van der Waals surface area contributed by atoms with Gasteiger partial charge in [0.25, 0.3) is 0 Å². The van der Waals surface area contributed by atoms with Crippen LogP contribution < -0.4 is 0 Å². The van der Waals surface area contributed by atoms with Crippen molar-refractivity contribution in [1.29, 1.82) is 0 Å². The minimum absolute atomic E-state index is 0.181. The molecule has 0 radical (unpaired) electrons. The number of hydrogen-bond acceptors (Lipinski definition) is 3. The lowest BCUT2D eigenvalue weighted by Crippen LogP contribution is -2.53. The van der Waals surface area contributed by atoms with Crippen molar-refractivity contribution in [1.82, 2.24) is 4.90 Å². The molecule has 116 valence electrons. The summed E-state index contributed by atoms with van der Waals surface area (Å²) in [5.41, 5.74) is -0.183. The molecule has 0 bridgehead atoms. The average molecular weight is 293 g/mol. The SMILES string of the molecule is CN1CCC[C@@]1(Cc1ccc(F)cc1)C(=O)OC(C)(C)C. The highest BCUT2D eigenvalue weighted by Gasteiger charge is 2.47. The number of benzene rings is 1. The lowest BCUT2D eigenvalue weighted by molar-refractivity contribution is -0.167. The summed E-state index contributed by atoms with van der Waals surface area (Å²) >= 11 is 0. The highest BCUT2D eigenvalue weighted by Crippen LogP contribution is 2.34. The maximum atomic E-state index is 13.1. The number of halogens is 1. The van der Waals surface area contributed by atoms with Gasteiger partial charge in [-0.05, 0) is 64.9 Å². The molecule has 0 aromatic heterocycles. The van der Waals surface area contributed by atoms with Crippen LogP contribution in [0.3, 0.4) is 0 Å². The number of hydrogen-bond donors (Lipinski definition) is 0. The van der Waals surface area contributed by atoms with Crippen LogP contribution in [0.15, 0.2) is 24.3 Å². The fraction of sp³-hybridized carbons (Fsp3) is 0.588. The number of carbonyl (C=O) groups is 1. The standard InChI is InChI=1S/C17H24FNO2/c1-16(2,3)21-15(20)17(10-5-11-19(17)4)12-13-6-8-14(18)9-7-13/h6-9H,5,10-12H2,1-4H3/t17-/m1/s1. The van der Waals surface area contributed by atoms with E-state index in [1.165, 1.54) is 12.1 Å². The lowest BCUT2D eigenvalue weighted by Gasteiger charge is -2.36. The van der Waals surface area contributed by atoms with Gasteiger partial charge in [-0.15, -0.1) is 0 Å². The molecule has 1 fully saturated rings. The molecule has 2 rings (SSSR count). The van der Waals surface area contributed by atoms with Gasteiger partial charge in [-0.25, -0.2) is 4.39 Å². The van der Waals surface area contributed by atoms with Crippen LogP contribution in [0.2, 0.25) is 0 Å². The molecular weight excluding hydrogens is 269 g/mol. The summed E-state index contributed by atoms with van der Waals surface area (Å²) in [7, 11) is 1.96. The molecular formula is C17H24FNO2. The summed E-state index contributed by atoms with van der Waals surface area (Å²) in [5, 5.41) is 0. The quantitative estimate of drug-likeness (QED) is 0.802. The second-order valence-corrected chi connectivity index (χ2v) is 6.86. The Labute approximate surface area is 126 Å². The van der Waals surface area contributed by atoms with Gasteiger partial charge in [-0.3, -0.25) is 9.69 Å². The van der Waals surface area contributed by atoms with Crippen molar-refractivity contribution in [3.63, 3.8) is 0 Å². The first kappa shape index (κ1) is 16.0. The average Bonchev–Trinajstić information content (AvgIpc) is 2.73. The van der Waals surface area contributed by atoms with Crippen molar-refractivity contribution in [3.8, 4) is 0 Å². The number of likely N-dealkylation sites (tertiary alicyclic amines) is 1. The normalized spacial score (nSPS) is 23.3. The molecule has 1 aliphatic rings. The molecule has 0 spiro atoms. The molecule has 21 heavy (non-hydrogen) atoms. The lowest BCUT2D eigenvalue weighted by atomic mass is 9.88. The largest absolute Gasteiger partial charge is 0.459 e.